The van der Waals surface area contributed by atoms with Crippen molar-refractivity contribution in [2.24, 2.45) is 17.3 Å². The molecule has 78 valence electrons. The molecule has 0 saturated heterocycles. The molecule has 0 radical (unpaired) electrons. The molecule has 0 heterocycles. The van der Waals surface area contributed by atoms with Gasteiger partial charge in [0, 0.05) is 0 Å². The Labute approximate surface area is 82.5 Å². The molecule has 1 aliphatic carbocycles. The first-order valence-corrected chi connectivity index (χ1v) is 5.62. The summed E-state index contributed by atoms with van der Waals surface area (Å²) >= 11 is 0. The Morgan fingerprint density at radius 3 is 2.46 bits per heavy atom. The molecular formula is C12H24O. The smallest absolute Gasteiger partial charge is 0.0593 e. The average molecular weight is 184 g/mol. The van der Waals surface area contributed by atoms with E-state index in [1.54, 1.807) is 0 Å². The summed E-state index contributed by atoms with van der Waals surface area (Å²) in [6.45, 7) is 9.00. The van der Waals surface area contributed by atoms with Gasteiger partial charge in [0.1, 0.15) is 0 Å². The molecule has 1 saturated carbocycles. The van der Waals surface area contributed by atoms with Gasteiger partial charge in [-0.15, -0.1) is 0 Å². The van der Waals surface area contributed by atoms with Crippen LogP contribution in [0.4, 0.5) is 0 Å². The van der Waals surface area contributed by atoms with E-state index in [4.69, 9.17) is 0 Å². The maximum absolute atomic E-state index is 9.92. The molecule has 0 aromatic rings. The van der Waals surface area contributed by atoms with Crippen LogP contribution in [0.25, 0.3) is 0 Å². The summed E-state index contributed by atoms with van der Waals surface area (Å²) in [7, 11) is 0. The molecule has 1 heteroatoms. The molecule has 0 aromatic heterocycles. The third kappa shape index (κ3) is 2.46. The van der Waals surface area contributed by atoms with Gasteiger partial charge in [-0.25, -0.2) is 0 Å². The summed E-state index contributed by atoms with van der Waals surface area (Å²) in [6, 6.07) is 0. The van der Waals surface area contributed by atoms with Gasteiger partial charge in [-0.05, 0) is 36.5 Å². The summed E-state index contributed by atoms with van der Waals surface area (Å²) in [6.07, 6.45) is 4.71. The van der Waals surface area contributed by atoms with Crippen molar-refractivity contribution < 1.29 is 5.11 Å². The van der Waals surface area contributed by atoms with Crippen LogP contribution >= 0.6 is 0 Å². The Morgan fingerprint density at radius 1 is 1.31 bits per heavy atom. The van der Waals surface area contributed by atoms with Gasteiger partial charge < -0.3 is 5.11 Å². The van der Waals surface area contributed by atoms with E-state index in [0.717, 1.165) is 18.3 Å². The fraction of sp³-hybridized carbons (Fsp3) is 1.00. The normalized spacial score (nSPS) is 33.7. The van der Waals surface area contributed by atoms with Gasteiger partial charge in [0.2, 0.25) is 0 Å². The molecule has 13 heavy (non-hydrogen) atoms. The van der Waals surface area contributed by atoms with E-state index >= 15 is 0 Å². The molecule has 0 spiro atoms. The van der Waals surface area contributed by atoms with Crippen molar-refractivity contribution in [1.82, 2.24) is 0 Å². The molecule has 0 bridgehead atoms. The molecule has 1 rings (SSSR count). The molecule has 1 fully saturated rings. The first-order valence-electron chi connectivity index (χ1n) is 5.62. The van der Waals surface area contributed by atoms with Gasteiger partial charge in [-0.1, -0.05) is 34.1 Å². The Bertz CT molecular complexity index is 161. The van der Waals surface area contributed by atoms with E-state index in [1.165, 1.54) is 19.3 Å². The van der Waals surface area contributed by atoms with E-state index in [1.807, 2.05) is 0 Å². The maximum atomic E-state index is 9.92. The second-order valence-corrected chi connectivity index (χ2v) is 5.59. The Balaban J connectivity index is 2.61. The number of hydrogen-bond donors (Lipinski definition) is 1. The highest BCUT2D eigenvalue weighted by Gasteiger charge is 2.39. The highest BCUT2D eigenvalue weighted by molar-refractivity contribution is 4.89. The van der Waals surface area contributed by atoms with Gasteiger partial charge in [0.05, 0.1) is 6.10 Å². The second-order valence-electron chi connectivity index (χ2n) is 5.59. The maximum Gasteiger partial charge on any atom is 0.0593 e. The lowest BCUT2D eigenvalue weighted by Gasteiger charge is -2.43. The van der Waals surface area contributed by atoms with Crippen LogP contribution in [0.15, 0.2) is 0 Å². The van der Waals surface area contributed by atoms with Gasteiger partial charge in [-0.3, -0.25) is 0 Å². The van der Waals surface area contributed by atoms with Crippen LogP contribution in [-0.4, -0.2) is 11.2 Å². The van der Waals surface area contributed by atoms with Crippen LogP contribution in [0.2, 0.25) is 0 Å². The molecular weight excluding hydrogens is 160 g/mol. The van der Waals surface area contributed by atoms with E-state index in [0.29, 0.717) is 0 Å². The van der Waals surface area contributed by atoms with Crippen molar-refractivity contribution in [3.8, 4) is 0 Å². The summed E-state index contributed by atoms with van der Waals surface area (Å²) in [5.74, 6) is 1.48. The Hall–Kier alpha value is -0.0400. The molecule has 1 nitrogen and oxygen atoms in total. The lowest BCUT2D eigenvalue weighted by Crippen LogP contribution is -2.40. The molecule has 0 aliphatic heterocycles. The lowest BCUT2D eigenvalue weighted by atomic mass is 9.64. The second kappa shape index (κ2) is 4.00. The van der Waals surface area contributed by atoms with Crippen molar-refractivity contribution in [1.29, 1.82) is 0 Å². The van der Waals surface area contributed by atoms with E-state index < -0.39 is 0 Å². The predicted octanol–water partition coefficient (Wildman–Crippen LogP) is 3.22. The standard InChI is InChI=1S/C12H24O/c1-9(2)8-10-6-5-7-11(13)12(10,3)4/h9-11,13H,5-8H2,1-4H3. The quantitative estimate of drug-likeness (QED) is 0.698. The zero-order valence-corrected chi connectivity index (χ0v) is 9.51. The van der Waals surface area contributed by atoms with Crippen molar-refractivity contribution >= 4 is 0 Å². The minimum atomic E-state index is -0.0787. The largest absolute Gasteiger partial charge is 0.393 e. The first-order chi connectivity index (χ1) is 5.94. The van der Waals surface area contributed by atoms with Crippen LogP contribution in [0.5, 0.6) is 0 Å². The Morgan fingerprint density at radius 2 is 1.92 bits per heavy atom. The number of hydrogen-bond acceptors (Lipinski definition) is 1. The number of rotatable bonds is 2. The molecule has 0 aromatic carbocycles. The van der Waals surface area contributed by atoms with Crippen LogP contribution in [-0.2, 0) is 0 Å². The zero-order chi connectivity index (χ0) is 10.1. The van der Waals surface area contributed by atoms with Crippen molar-refractivity contribution in [3.05, 3.63) is 0 Å². The topological polar surface area (TPSA) is 20.2 Å². The summed E-state index contributed by atoms with van der Waals surface area (Å²) in [4.78, 5) is 0. The fourth-order valence-corrected chi connectivity index (χ4v) is 2.56. The fourth-order valence-electron chi connectivity index (χ4n) is 2.56. The first kappa shape index (κ1) is 11.0. The van der Waals surface area contributed by atoms with Gasteiger partial charge >= 0.3 is 0 Å². The average Bonchev–Trinajstić information content (AvgIpc) is 1.99. The highest BCUT2D eigenvalue weighted by atomic mass is 16.3. The van der Waals surface area contributed by atoms with Gasteiger partial charge in [-0.2, -0.15) is 0 Å². The number of aliphatic hydroxyl groups excluding tert-OH is 1. The highest BCUT2D eigenvalue weighted by Crippen LogP contribution is 2.43. The third-order valence-corrected chi connectivity index (χ3v) is 3.70. The van der Waals surface area contributed by atoms with E-state index in [2.05, 4.69) is 27.7 Å². The van der Waals surface area contributed by atoms with Crippen LogP contribution < -0.4 is 0 Å². The van der Waals surface area contributed by atoms with E-state index in [9.17, 15) is 5.11 Å². The third-order valence-electron chi connectivity index (χ3n) is 3.70. The number of aliphatic hydroxyl groups is 1. The Kier molecular flexibility index (Phi) is 3.39. The van der Waals surface area contributed by atoms with Gasteiger partial charge in [0.25, 0.3) is 0 Å². The van der Waals surface area contributed by atoms with Crippen molar-refractivity contribution in [2.45, 2.75) is 59.5 Å². The molecule has 1 N–H and O–H groups in total. The minimum Gasteiger partial charge on any atom is -0.393 e. The summed E-state index contributed by atoms with van der Waals surface area (Å²) in [5, 5.41) is 9.92. The van der Waals surface area contributed by atoms with Crippen LogP contribution in [0.3, 0.4) is 0 Å². The van der Waals surface area contributed by atoms with Gasteiger partial charge in [0.15, 0.2) is 0 Å². The molecule has 0 amide bonds. The summed E-state index contributed by atoms with van der Waals surface area (Å²) < 4.78 is 0. The summed E-state index contributed by atoms with van der Waals surface area (Å²) in [5.41, 5.74) is 0.141. The minimum absolute atomic E-state index is 0.0787. The molecule has 1 aliphatic rings. The predicted molar refractivity (Wildman–Crippen MR) is 56.6 cm³/mol. The lowest BCUT2D eigenvalue weighted by molar-refractivity contribution is -0.0358. The SMILES string of the molecule is CC(C)CC1CCCC(O)C1(C)C. The van der Waals surface area contributed by atoms with E-state index in [-0.39, 0.29) is 11.5 Å². The zero-order valence-electron chi connectivity index (χ0n) is 9.51. The van der Waals surface area contributed by atoms with Crippen LogP contribution in [0, 0.1) is 17.3 Å². The molecule has 2 atom stereocenters. The van der Waals surface area contributed by atoms with Crippen molar-refractivity contribution in [2.75, 3.05) is 0 Å². The molecule has 2 unspecified atom stereocenters. The van der Waals surface area contributed by atoms with Crippen molar-refractivity contribution in [3.63, 3.8) is 0 Å². The van der Waals surface area contributed by atoms with Crippen LogP contribution in [0.1, 0.15) is 53.4 Å². The monoisotopic (exact) mass is 184 g/mol.